The number of hydrogen-bond acceptors (Lipinski definition) is 1. The summed E-state index contributed by atoms with van der Waals surface area (Å²) < 4.78 is 13.8. The molecule has 2 atom stereocenters. The summed E-state index contributed by atoms with van der Waals surface area (Å²) in [5.41, 5.74) is 4.75. The van der Waals surface area contributed by atoms with Crippen molar-refractivity contribution >= 4 is 0 Å². The number of alkyl halides is 1. The maximum Gasteiger partial charge on any atom is 0.112 e. The lowest BCUT2D eigenvalue weighted by Crippen LogP contribution is -2.23. The summed E-state index contributed by atoms with van der Waals surface area (Å²) in [7, 11) is 0. The lowest BCUT2D eigenvalue weighted by molar-refractivity contribution is 0.147. The molecule has 0 aromatic rings. The molecule has 1 aliphatic carbocycles. The molecule has 1 fully saturated rings. The van der Waals surface area contributed by atoms with Gasteiger partial charge < -0.3 is 5.73 Å². The lowest BCUT2D eigenvalue weighted by atomic mass is 9.94. The van der Waals surface area contributed by atoms with E-state index in [1.807, 2.05) is 0 Å². The fourth-order valence-corrected chi connectivity index (χ4v) is 1.89. The highest BCUT2D eigenvalue weighted by Crippen LogP contribution is 2.37. The zero-order valence-electron chi connectivity index (χ0n) is 8.15. The summed E-state index contributed by atoms with van der Waals surface area (Å²) in [4.78, 5) is 0. The van der Waals surface area contributed by atoms with Crippen LogP contribution in [0.15, 0.2) is 0 Å². The van der Waals surface area contributed by atoms with E-state index in [-0.39, 0.29) is 6.04 Å². The van der Waals surface area contributed by atoms with Crippen LogP contribution in [0.4, 0.5) is 4.39 Å². The van der Waals surface area contributed by atoms with Crippen molar-refractivity contribution in [2.45, 2.75) is 57.7 Å². The number of nitrogens with two attached hydrogens (primary N) is 1. The summed E-state index contributed by atoms with van der Waals surface area (Å²) in [6.45, 7) is 4.27. The van der Waals surface area contributed by atoms with Gasteiger partial charge in [0.05, 0.1) is 0 Å². The predicted molar refractivity (Wildman–Crippen MR) is 49.7 cm³/mol. The summed E-state index contributed by atoms with van der Waals surface area (Å²) in [5, 5.41) is 0. The Morgan fingerprint density at radius 3 is 2.67 bits per heavy atom. The summed E-state index contributed by atoms with van der Waals surface area (Å²) in [6.07, 6.45) is 3.83. The molecule has 0 radical (unpaired) electrons. The van der Waals surface area contributed by atoms with Crippen LogP contribution in [0.25, 0.3) is 0 Å². The van der Waals surface area contributed by atoms with E-state index < -0.39 is 5.67 Å². The number of rotatable bonds is 3. The van der Waals surface area contributed by atoms with Crippen LogP contribution in [0.3, 0.4) is 0 Å². The van der Waals surface area contributed by atoms with Crippen LogP contribution < -0.4 is 5.73 Å². The van der Waals surface area contributed by atoms with Gasteiger partial charge in [0.2, 0.25) is 0 Å². The van der Waals surface area contributed by atoms with Crippen LogP contribution in [0.1, 0.15) is 46.0 Å². The standard InChI is InChI=1S/C10H20FN/c1-8(2)3-5-10(11)6-4-9(12)7-10/h8-9H,3-7,12H2,1-2H3. The first kappa shape index (κ1) is 9.97. The summed E-state index contributed by atoms with van der Waals surface area (Å²) >= 11 is 0. The minimum absolute atomic E-state index is 0.113. The maximum atomic E-state index is 13.8. The zero-order chi connectivity index (χ0) is 9.19. The van der Waals surface area contributed by atoms with Crippen LogP contribution >= 0.6 is 0 Å². The molecule has 0 aliphatic heterocycles. The second-order valence-corrected chi connectivity index (χ2v) is 4.59. The summed E-state index contributed by atoms with van der Waals surface area (Å²) in [6, 6.07) is 0.113. The van der Waals surface area contributed by atoms with Crippen LogP contribution in [-0.4, -0.2) is 11.7 Å². The molecule has 2 unspecified atom stereocenters. The first-order valence-electron chi connectivity index (χ1n) is 4.96. The van der Waals surface area contributed by atoms with Gasteiger partial charge in [0.1, 0.15) is 5.67 Å². The van der Waals surface area contributed by atoms with Crippen molar-refractivity contribution < 1.29 is 4.39 Å². The lowest BCUT2D eigenvalue weighted by Gasteiger charge is -2.20. The molecule has 0 amide bonds. The average Bonchev–Trinajstić information content (AvgIpc) is 2.29. The molecule has 1 saturated carbocycles. The molecule has 1 rings (SSSR count). The molecule has 2 heteroatoms. The number of halogens is 1. The van der Waals surface area contributed by atoms with Gasteiger partial charge in [0, 0.05) is 6.04 Å². The predicted octanol–water partition coefficient (Wildman–Crippen LogP) is 2.64. The van der Waals surface area contributed by atoms with Gasteiger partial charge in [-0.2, -0.15) is 0 Å². The third kappa shape index (κ3) is 2.74. The monoisotopic (exact) mass is 173 g/mol. The molecule has 0 saturated heterocycles. The normalized spacial score (nSPS) is 36.2. The fourth-order valence-electron chi connectivity index (χ4n) is 1.89. The van der Waals surface area contributed by atoms with Crippen molar-refractivity contribution in [3.8, 4) is 0 Å². The third-order valence-corrected chi connectivity index (χ3v) is 2.76. The van der Waals surface area contributed by atoms with Crippen molar-refractivity contribution in [3.05, 3.63) is 0 Å². The van der Waals surface area contributed by atoms with Gasteiger partial charge in [-0.3, -0.25) is 0 Å². The topological polar surface area (TPSA) is 26.0 Å². The van der Waals surface area contributed by atoms with Gasteiger partial charge in [-0.15, -0.1) is 0 Å². The second kappa shape index (κ2) is 3.73. The Hall–Kier alpha value is -0.110. The Morgan fingerprint density at radius 1 is 1.58 bits per heavy atom. The zero-order valence-corrected chi connectivity index (χ0v) is 8.15. The van der Waals surface area contributed by atoms with E-state index in [1.54, 1.807) is 0 Å². The fraction of sp³-hybridized carbons (Fsp3) is 1.00. The van der Waals surface area contributed by atoms with E-state index in [4.69, 9.17) is 5.73 Å². The van der Waals surface area contributed by atoms with Crippen LogP contribution in [0, 0.1) is 5.92 Å². The molecule has 0 aromatic heterocycles. The second-order valence-electron chi connectivity index (χ2n) is 4.59. The van der Waals surface area contributed by atoms with Crippen molar-refractivity contribution in [1.29, 1.82) is 0 Å². The minimum atomic E-state index is -0.927. The van der Waals surface area contributed by atoms with Gasteiger partial charge in [0.25, 0.3) is 0 Å². The third-order valence-electron chi connectivity index (χ3n) is 2.76. The van der Waals surface area contributed by atoms with Gasteiger partial charge in [-0.25, -0.2) is 4.39 Å². The first-order chi connectivity index (χ1) is 5.52. The molecule has 72 valence electrons. The van der Waals surface area contributed by atoms with Crippen LogP contribution in [-0.2, 0) is 0 Å². The van der Waals surface area contributed by atoms with E-state index in [2.05, 4.69) is 13.8 Å². The molecule has 0 spiro atoms. The van der Waals surface area contributed by atoms with E-state index in [0.717, 1.165) is 12.8 Å². The largest absolute Gasteiger partial charge is 0.328 e. The van der Waals surface area contributed by atoms with Gasteiger partial charge in [-0.05, 0) is 38.0 Å². The molecule has 0 aromatic carbocycles. The molecule has 0 bridgehead atoms. The van der Waals surface area contributed by atoms with Gasteiger partial charge in [0.15, 0.2) is 0 Å². The molecule has 1 aliphatic rings. The highest BCUT2D eigenvalue weighted by Gasteiger charge is 2.37. The Balaban J connectivity index is 2.30. The molecular formula is C10H20FN. The highest BCUT2D eigenvalue weighted by molar-refractivity contribution is 4.91. The molecule has 12 heavy (non-hydrogen) atoms. The SMILES string of the molecule is CC(C)CCC1(F)CCC(N)C1. The Kier molecular flexibility index (Phi) is 3.10. The smallest absolute Gasteiger partial charge is 0.112 e. The van der Waals surface area contributed by atoms with E-state index in [0.29, 0.717) is 25.2 Å². The summed E-state index contributed by atoms with van der Waals surface area (Å²) in [5.74, 6) is 0.606. The Labute approximate surface area is 74.5 Å². The van der Waals surface area contributed by atoms with Crippen molar-refractivity contribution in [2.75, 3.05) is 0 Å². The van der Waals surface area contributed by atoms with Crippen molar-refractivity contribution in [3.63, 3.8) is 0 Å². The average molecular weight is 173 g/mol. The van der Waals surface area contributed by atoms with E-state index in [9.17, 15) is 4.39 Å². The quantitative estimate of drug-likeness (QED) is 0.697. The Bertz CT molecular complexity index is 147. The molecule has 0 heterocycles. The van der Waals surface area contributed by atoms with Gasteiger partial charge >= 0.3 is 0 Å². The van der Waals surface area contributed by atoms with Crippen LogP contribution in [0.2, 0.25) is 0 Å². The number of hydrogen-bond donors (Lipinski definition) is 1. The van der Waals surface area contributed by atoms with Gasteiger partial charge in [-0.1, -0.05) is 13.8 Å². The molecule has 2 N–H and O–H groups in total. The first-order valence-corrected chi connectivity index (χ1v) is 4.96. The highest BCUT2D eigenvalue weighted by atomic mass is 19.1. The van der Waals surface area contributed by atoms with Crippen molar-refractivity contribution in [1.82, 2.24) is 0 Å². The molecular weight excluding hydrogens is 153 g/mol. The van der Waals surface area contributed by atoms with Crippen LogP contribution in [0.5, 0.6) is 0 Å². The van der Waals surface area contributed by atoms with E-state index in [1.165, 1.54) is 0 Å². The minimum Gasteiger partial charge on any atom is -0.328 e. The van der Waals surface area contributed by atoms with E-state index >= 15 is 0 Å². The van der Waals surface area contributed by atoms with Crippen molar-refractivity contribution in [2.24, 2.45) is 11.7 Å². The molecule has 1 nitrogen and oxygen atoms in total. The Morgan fingerprint density at radius 2 is 2.25 bits per heavy atom. The maximum absolute atomic E-state index is 13.8.